The summed E-state index contributed by atoms with van der Waals surface area (Å²) in [6.45, 7) is 5.22. The zero-order chi connectivity index (χ0) is 6.78. The standard InChI is InChI=1S/C4H9FO2Si/c1-8(2,3)7-4(5)6/h1-3H3. The molecule has 0 amide bonds. The van der Waals surface area contributed by atoms with E-state index in [1.165, 1.54) is 0 Å². The van der Waals surface area contributed by atoms with Crippen molar-refractivity contribution in [2.24, 2.45) is 0 Å². The lowest BCUT2D eigenvalue weighted by molar-refractivity contribution is 0.174. The van der Waals surface area contributed by atoms with Crippen LogP contribution in [0.1, 0.15) is 0 Å². The Labute approximate surface area is 48.8 Å². The average molecular weight is 136 g/mol. The maximum Gasteiger partial charge on any atom is 0.481 e. The van der Waals surface area contributed by atoms with Crippen molar-refractivity contribution in [1.82, 2.24) is 0 Å². The molecule has 0 aromatic carbocycles. The van der Waals surface area contributed by atoms with E-state index in [0.29, 0.717) is 0 Å². The lowest BCUT2D eigenvalue weighted by Crippen LogP contribution is -2.26. The van der Waals surface area contributed by atoms with Crippen LogP contribution in [0.5, 0.6) is 0 Å². The molecular formula is C4H9FO2Si. The fourth-order valence-electron chi connectivity index (χ4n) is 0.241. The van der Waals surface area contributed by atoms with Gasteiger partial charge in [0, 0.05) is 0 Å². The molecule has 2 nitrogen and oxygen atoms in total. The van der Waals surface area contributed by atoms with E-state index < -0.39 is 14.5 Å². The lowest BCUT2D eigenvalue weighted by atomic mass is 11.5. The predicted molar refractivity (Wildman–Crippen MR) is 30.9 cm³/mol. The van der Waals surface area contributed by atoms with Crippen LogP contribution in [0.3, 0.4) is 0 Å². The smallest absolute Gasteiger partial charge is 0.481 e. The van der Waals surface area contributed by atoms with Gasteiger partial charge in [-0.15, -0.1) is 4.39 Å². The summed E-state index contributed by atoms with van der Waals surface area (Å²) in [6, 6.07) is 0. The van der Waals surface area contributed by atoms with Crippen molar-refractivity contribution in [3.63, 3.8) is 0 Å². The molecule has 0 fully saturated rings. The van der Waals surface area contributed by atoms with Crippen molar-refractivity contribution < 1.29 is 13.6 Å². The Morgan fingerprint density at radius 2 is 1.88 bits per heavy atom. The van der Waals surface area contributed by atoms with Crippen LogP contribution in [0, 0.1) is 0 Å². The Morgan fingerprint density at radius 1 is 1.50 bits per heavy atom. The Kier molecular flexibility index (Phi) is 2.15. The maximum atomic E-state index is 11.4. The van der Waals surface area contributed by atoms with Gasteiger partial charge in [0.1, 0.15) is 0 Å². The zero-order valence-corrected chi connectivity index (χ0v) is 6.19. The summed E-state index contributed by atoms with van der Waals surface area (Å²) in [4.78, 5) is 9.61. The van der Waals surface area contributed by atoms with E-state index in [1.54, 1.807) is 19.6 Å². The topological polar surface area (TPSA) is 26.3 Å². The van der Waals surface area contributed by atoms with Crippen LogP contribution in [-0.4, -0.2) is 14.5 Å². The number of rotatable bonds is 1. The number of carbonyl (C=O) groups is 1. The third-order valence-corrected chi connectivity index (χ3v) is 1.16. The van der Waals surface area contributed by atoms with Gasteiger partial charge in [0.05, 0.1) is 0 Å². The number of carbonyl (C=O) groups excluding carboxylic acids is 1. The molecule has 0 aliphatic heterocycles. The first-order valence-corrected chi connectivity index (χ1v) is 5.71. The quantitative estimate of drug-likeness (QED) is 0.406. The maximum absolute atomic E-state index is 11.4. The molecule has 0 heterocycles. The van der Waals surface area contributed by atoms with Gasteiger partial charge in [-0.05, 0) is 19.6 Å². The largest absolute Gasteiger partial charge is 0.495 e. The molecule has 0 atom stereocenters. The van der Waals surface area contributed by atoms with Gasteiger partial charge in [-0.1, -0.05) is 0 Å². The summed E-state index contributed by atoms with van der Waals surface area (Å²) in [5.74, 6) is 0. The minimum Gasteiger partial charge on any atom is -0.495 e. The molecule has 0 radical (unpaired) electrons. The van der Waals surface area contributed by atoms with Crippen molar-refractivity contribution in [3.8, 4) is 0 Å². The summed E-state index contributed by atoms with van der Waals surface area (Å²) in [7, 11) is -1.94. The van der Waals surface area contributed by atoms with E-state index in [4.69, 9.17) is 0 Å². The third-order valence-electron chi connectivity index (χ3n) is 0.386. The summed E-state index contributed by atoms with van der Waals surface area (Å²) in [5.41, 5.74) is 0. The molecule has 0 unspecified atom stereocenters. The second-order valence-corrected chi connectivity index (χ2v) is 6.88. The van der Waals surface area contributed by atoms with E-state index in [-0.39, 0.29) is 0 Å². The molecule has 0 aromatic rings. The van der Waals surface area contributed by atoms with E-state index >= 15 is 0 Å². The molecule has 0 saturated heterocycles. The predicted octanol–water partition coefficient (Wildman–Crippen LogP) is 1.93. The van der Waals surface area contributed by atoms with Gasteiger partial charge in [-0.2, -0.15) is 0 Å². The summed E-state index contributed by atoms with van der Waals surface area (Å²) in [6.07, 6.45) is -1.66. The number of halogens is 1. The van der Waals surface area contributed by atoms with Crippen LogP contribution in [0.15, 0.2) is 0 Å². The van der Waals surface area contributed by atoms with Crippen LogP contribution >= 0.6 is 0 Å². The highest BCUT2D eigenvalue weighted by Gasteiger charge is 2.18. The highest BCUT2D eigenvalue weighted by molar-refractivity contribution is 6.71. The minimum absolute atomic E-state index is 1.66. The van der Waals surface area contributed by atoms with Gasteiger partial charge in [0.25, 0.3) is 0 Å². The zero-order valence-electron chi connectivity index (χ0n) is 5.19. The molecule has 0 saturated carbocycles. The molecule has 48 valence electrons. The molecular weight excluding hydrogens is 127 g/mol. The second-order valence-electron chi connectivity index (χ2n) is 2.45. The summed E-state index contributed by atoms with van der Waals surface area (Å²) in [5, 5.41) is 0. The minimum atomic E-state index is -1.94. The van der Waals surface area contributed by atoms with Gasteiger partial charge in [-0.25, -0.2) is 4.79 Å². The molecule has 0 rings (SSSR count). The monoisotopic (exact) mass is 136 g/mol. The highest BCUT2D eigenvalue weighted by atomic mass is 28.4. The molecule has 4 heteroatoms. The van der Waals surface area contributed by atoms with Gasteiger partial charge in [0.15, 0.2) is 0 Å². The van der Waals surface area contributed by atoms with E-state index in [0.717, 1.165) is 0 Å². The molecule has 0 aliphatic rings. The third kappa shape index (κ3) is 5.62. The Bertz CT molecular complexity index is 96.7. The Morgan fingerprint density at radius 3 is 1.88 bits per heavy atom. The van der Waals surface area contributed by atoms with Gasteiger partial charge in [0.2, 0.25) is 8.32 Å². The van der Waals surface area contributed by atoms with Crippen molar-refractivity contribution >= 4 is 14.5 Å². The van der Waals surface area contributed by atoms with Gasteiger partial charge < -0.3 is 4.43 Å². The van der Waals surface area contributed by atoms with Gasteiger partial charge in [-0.3, -0.25) is 0 Å². The highest BCUT2D eigenvalue weighted by Crippen LogP contribution is 2.03. The molecule has 8 heavy (non-hydrogen) atoms. The molecule has 0 spiro atoms. The number of hydrogen-bond donors (Lipinski definition) is 0. The molecule has 0 aromatic heterocycles. The van der Waals surface area contributed by atoms with Crippen LogP contribution in [0.4, 0.5) is 9.18 Å². The first-order valence-electron chi connectivity index (χ1n) is 2.30. The van der Waals surface area contributed by atoms with E-state index in [9.17, 15) is 9.18 Å². The Balaban J connectivity index is 3.55. The fraction of sp³-hybridized carbons (Fsp3) is 0.750. The Hall–Kier alpha value is -0.383. The SMILES string of the molecule is C[Si](C)(C)OC(=O)F. The second kappa shape index (κ2) is 2.26. The van der Waals surface area contributed by atoms with E-state index in [1.807, 2.05) is 0 Å². The molecule has 0 aliphatic carbocycles. The van der Waals surface area contributed by atoms with Crippen LogP contribution < -0.4 is 0 Å². The first kappa shape index (κ1) is 7.62. The number of hydrogen-bond acceptors (Lipinski definition) is 2. The average Bonchev–Trinajstić information content (AvgIpc) is 1.21. The molecule has 0 bridgehead atoms. The lowest BCUT2D eigenvalue weighted by Gasteiger charge is -2.12. The fourth-order valence-corrected chi connectivity index (χ4v) is 0.722. The normalized spacial score (nSPS) is 11.0. The van der Waals surface area contributed by atoms with Crippen LogP contribution in [0.2, 0.25) is 19.6 Å². The van der Waals surface area contributed by atoms with Crippen molar-refractivity contribution in [2.45, 2.75) is 19.6 Å². The summed E-state index contributed by atoms with van der Waals surface area (Å²) < 4.78 is 15.6. The van der Waals surface area contributed by atoms with Crippen LogP contribution in [0.25, 0.3) is 0 Å². The summed E-state index contributed by atoms with van der Waals surface area (Å²) >= 11 is 0. The van der Waals surface area contributed by atoms with Gasteiger partial charge >= 0.3 is 6.22 Å². The van der Waals surface area contributed by atoms with Crippen molar-refractivity contribution in [2.75, 3.05) is 0 Å². The van der Waals surface area contributed by atoms with Crippen molar-refractivity contribution in [3.05, 3.63) is 0 Å². The first-order chi connectivity index (χ1) is 3.42. The molecule has 0 N–H and O–H groups in total. The van der Waals surface area contributed by atoms with E-state index in [2.05, 4.69) is 4.43 Å². The van der Waals surface area contributed by atoms with Crippen molar-refractivity contribution in [1.29, 1.82) is 0 Å². The van der Waals surface area contributed by atoms with Crippen LogP contribution in [-0.2, 0) is 4.43 Å².